The highest BCUT2D eigenvalue weighted by Gasteiger charge is 2.41. The molecule has 0 bridgehead atoms. The summed E-state index contributed by atoms with van der Waals surface area (Å²) in [5.74, 6) is -3.55. The van der Waals surface area contributed by atoms with Crippen LogP contribution in [0.3, 0.4) is 0 Å². The number of hydrogen-bond donors (Lipinski definition) is 1. The van der Waals surface area contributed by atoms with Crippen molar-refractivity contribution < 1.29 is 19.1 Å². The Labute approximate surface area is 113 Å². The number of carbonyl (C=O) groups is 3. The van der Waals surface area contributed by atoms with Gasteiger partial charge in [0.25, 0.3) is 0 Å². The fourth-order valence-electron chi connectivity index (χ4n) is 1.64. The molecule has 7 nitrogen and oxygen atoms in total. The molecule has 1 N–H and O–H groups in total. The summed E-state index contributed by atoms with van der Waals surface area (Å²) >= 11 is 1.28. The summed E-state index contributed by atoms with van der Waals surface area (Å²) in [6, 6.07) is 0. The van der Waals surface area contributed by atoms with E-state index in [-0.39, 0.29) is 18.0 Å². The molecule has 1 unspecified atom stereocenters. The number of aromatic nitrogens is 2. The van der Waals surface area contributed by atoms with Crippen LogP contribution in [0.2, 0.25) is 0 Å². The van der Waals surface area contributed by atoms with Crippen LogP contribution in [0.5, 0.6) is 0 Å². The summed E-state index contributed by atoms with van der Waals surface area (Å²) in [7, 11) is 0. The first-order valence-corrected chi connectivity index (χ1v) is 6.73. The molecule has 1 atom stereocenters. The summed E-state index contributed by atoms with van der Waals surface area (Å²) in [6.45, 7) is 1.70. The molecule has 0 aliphatic carbocycles. The summed E-state index contributed by atoms with van der Waals surface area (Å²) in [5.41, 5.74) is 0.121. The Morgan fingerprint density at radius 3 is 2.89 bits per heavy atom. The highest BCUT2D eigenvalue weighted by atomic mass is 32.2. The van der Waals surface area contributed by atoms with E-state index in [2.05, 4.69) is 15.3 Å². The van der Waals surface area contributed by atoms with Crippen LogP contribution in [0, 0.1) is 5.92 Å². The number of thioether (sulfide) groups is 1. The highest BCUT2D eigenvalue weighted by molar-refractivity contribution is 7.98. The van der Waals surface area contributed by atoms with Crippen molar-refractivity contribution in [1.82, 2.24) is 9.97 Å². The minimum Gasteiger partial charge on any atom is -0.465 e. The maximum absolute atomic E-state index is 12.1. The van der Waals surface area contributed by atoms with E-state index in [0.717, 1.165) is 0 Å². The van der Waals surface area contributed by atoms with Crippen LogP contribution in [0.1, 0.15) is 17.3 Å². The maximum Gasteiger partial charge on any atom is 0.326 e. The second-order valence-corrected chi connectivity index (χ2v) is 4.43. The van der Waals surface area contributed by atoms with Gasteiger partial charge >= 0.3 is 5.97 Å². The number of amides is 1. The minimum atomic E-state index is -1.48. The molecule has 1 aliphatic heterocycles. The molecular weight excluding hydrogens is 270 g/mol. The molecule has 1 aromatic rings. The van der Waals surface area contributed by atoms with E-state index in [4.69, 9.17) is 4.74 Å². The predicted octanol–water partition coefficient (Wildman–Crippen LogP) is 0.513. The molecule has 100 valence electrons. The van der Waals surface area contributed by atoms with E-state index in [9.17, 15) is 14.4 Å². The number of rotatable bonds is 3. The van der Waals surface area contributed by atoms with Crippen molar-refractivity contribution in [2.45, 2.75) is 12.1 Å². The molecule has 1 aromatic heterocycles. The standard InChI is InChI=1S/C11H11N3O4S/c1-3-18-10(17)6-7(15)5-4-12-11(19-2)14-8(5)13-9(6)16/h4,6H,3H2,1-2H3,(H,12,13,14,16). The number of carbonyl (C=O) groups excluding carboxylic acids is 3. The zero-order valence-corrected chi connectivity index (χ0v) is 11.1. The van der Waals surface area contributed by atoms with E-state index in [1.807, 2.05) is 0 Å². The Kier molecular flexibility index (Phi) is 3.79. The lowest BCUT2D eigenvalue weighted by molar-refractivity contribution is -0.148. The molecule has 0 saturated carbocycles. The third kappa shape index (κ3) is 2.43. The highest BCUT2D eigenvalue weighted by Crippen LogP contribution is 2.25. The van der Waals surface area contributed by atoms with Crippen LogP contribution in [0.15, 0.2) is 11.4 Å². The van der Waals surface area contributed by atoms with Gasteiger partial charge in [-0.15, -0.1) is 0 Å². The summed E-state index contributed by atoms with van der Waals surface area (Å²) in [5, 5.41) is 2.86. The molecule has 1 amide bonds. The molecule has 2 rings (SSSR count). The van der Waals surface area contributed by atoms with Crippen molar-refractivity contribution in [2.24, 2.45) is 5.92 Å². The van der Waals surface area contributed by atoms with Gasteiger partial charge in [0.2, 0.25) is 5.91 Å². The third-order valence-electron chi connectivity index (χ3n) is 2.50. The number of anilines is 1. The number of ketones is 1. The zero-order chi connectivity index (χ0) is 14.0. The second-order valence-electron chi connectivity index (χ2n) is 3.66. The van der Waals surface area contributed by atoms with Crippen molar-refractivity contribution in [2.75, 3.05) is 18.2 Å². The Bertz CT molecular complexity index is 561. The average Bonchev–Trinajstić information content (AvgIpc) is 2.38. The molecule has 19 heavy (non-hydrogen) atoms. The van der Waals surface area contributed by atoms with Gasteiger partial charge < -0.3 is 10.1 Å². The predicted molar refractivity (Wildman–Crippen MR) is 66.9 cm³/mol. The minimum absolute atomic E-state index is 0.102. The van der Waals surface area contributed by atoms with Gasteiger partial charge in [-0.3, -0.25) is 14.4 Å². The summed E-state index contributed by atoms with van der Waals surface area (Å²) in [6.07, 6.45) is 3.08. The normalized spacial score (nSPS) is 17.7. The molecule has 0 saturated heterocycles. The second kappa shape index (κ2) is 5.35. The molecule has 2 heterocycles. The quantitative estimate of drug-likeness (QED) is 0.373. The summed E-state index contributed by atoms with van der Waals surface area (Å²) < 4.78 is 4.72. The van der Waals surface area contributed by atoms with Gasteiger partial charge in [0, 0.05) is 6.20 Å². The third-order valence-corrected chi connectivity index (χ3v) is 3.06. The van der Waals surface area contributed by atoms with Gasteiger partial charge in [0.15, 0.2) is 16.9 Å². The Morgan fingerprint density at radius 1 is 1.53 bits per heavy atom. The Morgan fingerprint density at radius 2 is 2.26 bits per heavy atom. The number of nitrogens with one attached hydrogen (secondary N) is 1. The molecule has 0 fully saturated rings. The first-order chi connectivity index (χ1) is 9.08. The van der Waals surface area contributed by atoms with Gasteiger partial charge in [-0.1, -0.05) is 11.8 Å². The number of Topliss-reactive ketones (excluding diaryl/α,β-unsaturated/α-hetero) is 1. The number of fused-ring (bicyclic) bond motifs is 1. The number of hydrogen-bond acceptors (Lipinski definition) is 7. The van der Waals surface area contributed by atoms with Crippen LogP contribution in [0.25, 0.3) is 0 Å². The van der Waals surface area contributed by atoms with Crippen molar-refractivity contribution in [3.05, 3.63) is 11.8 Å². The van der Waals surface area contributed by atoms with E-state index in [0.29, 0.717) is 5.16 Å². The van der Waals surface area contributed by atoms with Gasteiger partial charge in [-0.25, -0.2) is 9.97 Å². The van der Waals surface area contributed by atoms with Crippen LogP contribution < -0.4 is 5.32 Å². The van der Waals surface area contributed by atoms with Gasteiger partial charge in [0.05, 0.1) is 12.2 Å². The van der Waals surface area contributed by atoms with Crippen molar-refractivity contribution in [3.63, 3.8) is 0 Å². The van der Waals surface area contributed by atoms with E-state index in [1.165, 1.54) is 18.0 Å². The Hall–Kier alpha value is -1.96. The topological polar surface area (TPSA) is 98.2 Å². The SMILES string of the molecule is CCOC(=O)C1C(=O)Nc2nc(SC)ncc2C1=O. The monoisotopic (exact) mass is 281 g/mol. The van der Waals surface area contributed by atoms with Gasteiger partial charge in [0.1, 0.15) is 5.82 Å². The molecule has 1 aliphatic rings. The fraction of sp³-hybridized carbons (Fsp3) is 0.364. The molecule has 0 radical (unpaired) electrons. The number of nitrogens with zero attached hydrogens (tertiary/aromatic N) is 2. The van der Waals surface area contributed by atoms with Crippen LogP contribution in [0.4, 0.5) is 5.82 Å². The van der Waals surface area contributed by atoms with Crippen LogP contribution in [-0.2, 0) is 14.3 Å². The summed E-state index contributed by atoms with van der Waals surface area (Å²) in [4.78, 5) is 43.5. The molecular formula is C11H11N3O4S. The molecule has 0 spiro atoms. The smallest absolute Gasteiger partial charge is 0.326 e. The number of esters is 1. The first-order valence-electron chi connectivity index (χ1n) is 5.51. The molecule has 0 aromatic carbocycles. The number of ether oxygens (including phenoxy) is 1. The van der Waals surface area contributed by atoms with E-state index >= 15 is 0 Å². The van der Waals surface area contributed by atoms with Crippen LogP contribution in [-0.4, -0.2) is 40.5 Å². The van der Waals surface area contributed by atoms with Gasteiger partial charge in [-0.05, 0) is 13.2 Å². The Balaban J connectivity index is 2.37. The van der Waals surface area contributed by atoms with Crippen molar-refractivity contribution in [1.29, 1.82) is 0 Å². The van der Waals surface area contributed by atoms with E-state index < -0.39 is 23.6 Å². The van der Waals surface area contributed by atoms with E-state index in [1.54, 1.807) is 13.2 Å². The maximum atomic E-state index is 12.1. The fourth-order valence-corrected chi connectivity index (χ4v) is 1.98. The van der Waals surface area contributed by atoms with Gasteiger partial charge in [-0.2, -0.15) is 0 Å². The lowest BCUT2D eigenvalue weighted by atomic mass is 9.94. The van der Waals surface area contributed by atoms with Crippen LogP contribution >= 0.6 is 11.8 Å². The first kappa shape index (κ1) is 13.5. The largest absolute Gasteiger partial charge is 0.465 e. The molecule has 8 heteroatoms. The zero-order valence-electron chi connectivity index (χ0n) is 10.3. The van der Waals surface area contributed by atoms with Crippen molar-refractivity contribution in [3.8, 4) is 0 Å². The average molecular weight is 281 g/mol. The lowest BCUT2D eigenvalue weighted by Gasteiger charge is -2.21. The van der Waals surface area contributed by atoms with Crippen molar-refractivity contribution >= 4 is 35.2 Å². The lowest BCUT2D eigenvalue weighted by Crippen LogP contribution is -2.41.